The molecule has 0 unspecified atom stereocenters. The number of carbonyl (C=O) groups is 2. The summed E-state index contributed by atoms with van der Waals surface area (Å²) in [5.74, 6) is -0.207. The Bertz CT molecular complexity index is 1690. The Labute approximate surface area is 196 Å². The molecule has 0 aliphatic rings. The molecule has 0 aliphatic heterocycles. The van der Waals surface area contributed by atoms with Crippen molar-refractivity contribution in [1.82, 2.24) is 0 Å². The zero-order chi connectivity index (χ0) is 23.4. The highest BCUT2D eigenvalue weighted by Crippen LogP contribution is 2.43. The molecule has 34 heavy (non-hydrogen) atoms. The molecule has 0 atom stereocenters. The number of nitrogens with one attached hydrogen (secondary N) is 2. The molecular weight excluding hydrogens is 420 g/mol. The van der Waals surface area contributed by atoms with Crippen molar-refractivity contribution in [2.45, 2.75) is 13.8 Å². The molecule has 0 saturated heterocycles. The quantitative estimate of drug-likeness (QED) is 0.275. The van der Waals surface area contributed by atoms with Crippen LogP contribution < -0.4 is 10.6 Å². The summed E-state index contributed by atoms with van der Waals surface area (Å²) in [4.78, 5) is 24.1. The zero-order valence-corrected chi connectivity index (χ0v) is 18.9. The molecule has 2 N–H and O–H groups in total. The Kier molecular flexibility index (Phi) is 4.49. The number of rotatable bonds is 2. The average molecular weight is 443 g/mol. The first-order chi connectivity index (χ1) is 16.5. The van der Waals surface area contributed by atoms with Gasteiger partial charge in [-0.25, -0.2) is 0 Å². The molecule has 0 radical (unpaired) electrons. The SMILES string of the molecule is CC(=O)Nc1cc2ccccc2c2c1ccc1ccc3c(NC(C)=O)cc4ccccc4c3c12. The lowest BCUT2D eigenvalue weighted by Crippen LogP contribution is -2.07. The number of hydrogen-bond acceptors (Lipinski definition) is 2. The third-order valence-corrected chi connectivity index (χ3v) is 6.45. The van der Waals surface area contributed by atoms with Crippen LogP contribution in [0.3, 0.4) is 0 Å². The minimum atomic E-state index is -0.104. The molecule has 6 aromatic rings. The monoisotopic (exact) mass is 442 g/mol. The van der Waals surface area contributed by atoms with Crippen LogP contribution in [0.15, 0.2) is 84.9 Å². The van der Waals surface area contributed by atoms with Crippen LogP contribution in [0, 0.1) is 0 Å². The fourth-order valence-electron chi connectivity index (χ4n) is 5.18. The van der Waals surface area contributed by atoms with Crippen molar-refractivity contribution in [1.29, 1.82) is 0 Å². The largest absolute Gasteiger partial charge is 0.326 e. The summed E-state index contributed by atoms with van der Waals surface area (Å²) in [6.07, 6.45) is 0. The van der Waals surface area contributed by atoms with E-state index in [1.807, 2.05) is 36.4 Å². The van der Waals surface area contributed by atoms with Crippen LogP contribution in [0.2, 0.25) is 0 Å². The smallest absolute Gasteiger partial charge is 0.221 e. The summed E-state index contributed by atoms with van der Waals surface area (Å²) in [5.41, 5.74) is 1.59. The van der Waals surface area contributed by atoms with E-state index < -0.39 is 0 Å². The predicted molar refractivity (Wildman–Crippen MR) is 143 cm³/mol. The maximum absolute atomic E-state index is 12.0. The highest BCUT2D eigenvalue weighted by Gasteiger charge is 2.16. The predicted octanol–water partition coefficient (Wildman–Crippen LogP) is 7.37. The van der Waals surface area contributed by atoms with Crippen LogP contribution >= 0.6 is 0 Å². The van der Waals surface area contributed by atoms with Crippen LogP contribution in [0.4, 0.5) is 11.4 Å². The second-order valence-corrected chi connectivity index (χ2v) is 8.73. The van der Waals surface area contributed by atoms with E-state index in [0.717, 1.165) is 65.2 Å². The molecule has 164 valence electrons. The normalized spacial score (nSPS) is 11.5. The van der Waals surface area contributed by atoms with Crippen molar-refractivity contribution >= 4 is 77.1 Å². The molecule has 0 aliphatic carbocycles. The average Bonchev–Trinajstić information content (AvgIpc) is 2.82. The van der Waals surface area contributed by atoms with Gasteiger partial charge in [-0.2, -0.15) is 0 Å². The van der Waals surface area contributed by atoms with Crippen LogP contribution in [0.1, 0.15) is 13.8 Å². The van der Waals surface area contributed by atoms with Crippen molar-refractivity contribution in [2.75, 3.05) is 10.6 Å². The van der Waals surface area contributed by atoms with Crippen LogP contribution in [0.5, 0.6) is 0 Å². The molecule has 0 saturated carbocycles. The molecule has 4 heteroatoms. The first-order valence-corrected chi connectivity index (χ1v) is 11.3. The van der Waals surface area contributed by atoms with E-state index in [2.05, 4.69) is 59.2 Å². The minimum Gasteiger partial charge on any atom is -0.326 e. The van der Waals surface area contributed by atoms with Gasteiger partial charge in [-0.1, -0.05) is 72.8 Å². The third-order valence-electron chi connectivity index (χ3n) is 6.45. The number of fused-ring (bicyclic) bond motifs is 9. The van der Waals surface area contributed by atoms with Crippen molar-refractivity contribution in [3.8, 4) is 0 Å². The lowest BCUT2D eigenvalue weighted by Gasteiger charge is -2.17. The van der Waals surface area contributed by atoms with Crippen LogP contribution in [-0.2, 0) is 9.59 Å². The van der Waals surface area contributed by atoms with Crippen molar-refractivity contribution in [3.05, 3.63) is 84.9 Å². The molecule has 0 heterocycles. The van der Waals surface area contributed by atoms with E-state index in [1.54, 1.807) is 0 Å². The van der Waals surface area contributed by atoms with Gasteiger partial charge in [0.15, 0.2) is 0 Å². The van der Waals surface area contributed by atoms with E-state index in [0.29, 0.717) is 0 Å². The van der Waals surface area contributed by atoms with Crippen LogP contribution in [-0.4, -0.2) is 11.8 Å². The maximum Gasteiger partial charge on any atom is 0.221 e. The Morgan fingerprint density at radius 2 is 0.941 bits per heavy atom. The fraction of sp³-hybridized carbons (Fsp3) is 0.0667. The van der Waals surface area contributed by atoms with E-state index in [9.17, 15) is 9.59 Å². The lowest BCUT2D eigenvalue weighted by atomic mass is 9.89. The van der Waals surface area contributed by atoms with E-state index >= 15 is 0 Å². The van der Waals surface area contributed by atoms with Crippen molar-refractivity contribution in [2.24, 2.45) is 0 Å². The summed E-state index contributed by atoms with van der Waals surface area (Å²) >= 11 is 0. The number of anilines is 2. The standard InChI is InChI=1S/C30H22N2O2/c1-17(33)31-26-15-20-7-3-5-9-22(20)29-24(26)13-11-19-12-14-25-27(32-18(2)34)16-21-8-4-6-10-23(21)30(25)28(19)29/h3-16H,1-2H3,(H,31,33)(H,32,34). The van der Waals surface area contributed by atoms with Crippen LogP contribution in [0.25, 0.3) is 53.9 Å². The third kappa shape index (κ3) is 3.07. The summed E-state index contributed by atoms with van der Waals surface area (Å²) < 4.78 is 0. The Balaban J connectivity index is 1.93. The van der Waals surface area contributed by atoms with Crippen molar-refractivity contribution < 1.29 is 9.59 Å². The fourth-order valence-corrected chi connectivity index (χ4v) is 5.18. The maximum atomic E-state index is 12.0. The molecule has 6 rings (SSSR count). The first-order valence-electron chi connectivity index (χ1n) is 11.3. The van der Waals surface area contributed by atoms with E-state index in [-0.39, 0.29) is 11.8 Å². The molecule has 0 bridgehead atoms. The molecule has 4 nitrogen and oxygen atoms in total. The summed E-state index contributed by atoms with van der Waals surface area (Å²) in [7, 11) is 0. The lowest BCUT2D eigenvalue weighted by molar-refractivity contribution is -0.115. The summed E-state index contributed by atoms with van der Waals surface area (Å²) in [5, 5.41) is 16.8. The second kappa shape index (κ2) is 7.56. The number of amides is 2. The number of benzene rings is 6. The minimum absolute atomic E-state index is 0.104. The van der Waals surface area contributed by atoms with Gasteiger partial charge < -0.3 is 10.6 Å². The topological polar surface area (TPSA) is 58.2 Å². The Morgan fingerprint density at radius 1 is 0.500 bits per heavy atom. The molecule has 0 aromatic heterocycles. The van der Waals surface area contributed by atoms with Gasteiger partial charge in [0, 0.05) is 46.8 Å². The van der Waals surface area contributed by atoms with Gasteiger partial charge in [0.25, 0.3) is 0 Å². The first kappa shape index (κ1) is 20.2. The van der Waals surface area contributed by atoms with Gasteiger partial charge >= 0.3 is 0 Å². The zero-order valence-electron chi connectivity index (χ0n) is 18.9. The van der Waals surface area contributed by atoms with Gasteiger partial charge in [-0.3, -0.25) is 9.59 Å². The van der Waals surface area contributed by atoms with E-state index in [4.69, 9.17) is 0 Å². The van der Waals surface area contributed by atoms with Gasteiger partial charge in [-0.15, -0.1) is 0 Å². The summed E-state index contributed by atoms with van der Waals surface area (Å²) in [6, 6.07) is 29.0. The van der Waals surface area contributed by atoms with E-state index in [1.165, 1.54) is 13.8 Å². The molecule has 0 fully saturated rings. The number of hydrogen-bond donors (Lipinski definition) is 2. The van der Waals surface area contributed by atoms with Gasteiger partial charge in [0.1, 0.15) is 0 Å². The number of carbonyl (C=O) groups excluding carboxylic acids is 2. The van der Waals surface area contributed by atoms with Crippen molar-refractivity contribution in [3.63, 3.8) is 0 Å². The molecular formula is C30H22N2O2. The van der Waals surface area contributed by atoms with Gasteiger partial charge in [0.05, 0.1) is 0 Å². The van der Waals surface area contributed by atoms with Gasteiger partial charge in [-0.05, 0) is 44.5 Å². The molecule has 0 spiro atoms. The second-order valence-electron chi connectivity index (χ2n) is 8.73. The molecule has 6 aromatic carbocycles. The molecule has 2 amide bonds. The highest BCUT2D eigenvalue weighted by molar-refractivity contribution is 6.35. The Hall–Kier alpha value is -4.44. The Morgan fingerprint density at radius 3 is 1.38 bits per heavy atom. The highest BCUT2D eigenvalue weighted by atomic mass is 16.2. The van der Waals surface area contributed by atoms with Gasteiger partial charge in [0.2, 0.25) is 11.8 Å². The summed E-state index contributed by atoms with van der Waals surface area (Å²) in [6.45, 7) is 3.06.